The molecule has 7 nitrogen and oxygen atoms in total. The molecule has 20 heavy (non-hydrogen) atoms. The highest BCUT2D eigenvalue weighted by Crippen LogP contribution is 2.02. The zero-order valence-corrected chi connectivity index (χ0v) is 11.5. The highest BCUT2D eigenvalue weighted by atomic mass is 16.5. The molecule has 0 saturated carbocycles. The Labute approximate surface area is 117 Å². The number of hydrogen-bond acceptors (Lipinski definition) is 5. The van der Waals surface area contributed by atoms with Gasteiger partial charge in [0.25, 0.3) is 0 Å². The van der Waals surface area contributed by atoms with Gasteiger partial charge in [0.2, 0.25) is 5.91 Å². The van der Waals surface area contributed by atoms with Crippen molar-refractivity contribution in [2.24, 2.45) is 0 Å². The number of fused-ring (bicyclic) bond motifs is 1. The maximum atomic E-state index is 11.5. The Hall–Kier alpha value is -1.99. The Kier molecular flexibility index (Phi) is 5.45. The van der Waals surface area contributed by atoms with Gasteiger partial charge in [0, 0.05) is 32.8 Å². The summed E-state index contributed by atoms with van der Waals surface area (Å²) < 4.78 is 6.80. The predicted molar refractivity (Wildman–Crippen MR) is 74.4 cm³/mol. The van der Waals surface area contributed by atoms with Gasteiger partial charge in [-0.25, -0.2) is 0 Å². The molecule has 0 fully saturated rings. The van der Waals surface area contributed by atoms with Crippen molar-refractivity contribution in [3.63, 3.8) is 0 Å². The third-order valence-corrected chi connectivity index (χ3v) is 2.82. The summed E-state index contributed by atoms with van der Waals surface area (Å²) in [7, 11) is 1.63. The van der Waals surface area contributed by atoms with Crippen LogP contribution in [0.25, 0.3) is 5.65 Å². The van der Waals surface area contributed by atoms with Crippen LogP contribution in [0.3, 0.4) is 0 Å². The zero-order valence-electron chi connectivity index (χ0n) is 11.5. The van der Waals surface area contributed by atoms with Gasteiger partial charge in [0.05, 0.1) is 13.2 Å². The summed E-state index contributed by atoms with van der Waals surface area (Å²) >= 11 is 0. The van der Waals surface area contributed by atoms with Crippen LogP contribution in [-0.2, 0) is 16.0 Å². The van der Waals surface area contributed by atoms with Crippen LogP contribution in [-0.4, -0.2) is 53.9 Å². The number of methoxy groups -OCH3 is 1. The lowest BCUT2D eigenvalue weighted by atomic mass is 10.4. The molecule has 0 spiro atoms. The van der Waals surface area contributed by atoms with Gasteiger partial charge >= 0.3 is 0 Å². The molecule has 0 radical (unpaired) electrons. The van der Waals surface area contributed by atoms with E-state index >= 15 is 0 Å². The molecule has 108 valence electrons. The number of pyridine rings is 1. The first-order valence-electron chi connectivity index (χ1n) is 6.56. The summed E-state index contributed by atoms with van der Waals surface area (Å²) in [6.45, 7) is 2.10. The molecule has 2 heterocycles. The summed E-state index contributed by atoms with van der Waals surface area (Å²) in [5.41, 5.74) is 0.815. The van der Waals surface area contributed by atoms with Gasteiger partial charge in [0.1, 0.15) is 5.82 Å². The van der Waals surface area contributed by atoms with Crippen LogP contribution in [0.1, 0.15) is 5.82 Å². The van der Waals surface area contributed by atoms with Crippen LogP contribution < -0.4 is 10.6 Å². The summed E-state index contributed by atoms with van der Waals surface area (Å²) in [5, 5.41) is 14.0. The second kappa shape index (κ2) is 7.56. The zero-order chi connectivity index (χ0) is 14.2. The van der Waals surface area contributed by atoms with Gasteiger partial charge in [-0.2, -0.15) is 0 Å². The molecule has 0 aliphatic carbocycles. The fourth-order valence-electron chi connectivity index (χ4n) is 1.81. The highest BCUT2D eigenvalue weighted by Gasteiger charge is 2.05. The van der Waals surface area contributed by atoms with E-state index in [1.54, 1.807) is 7.11 Å². The monoisotopic (exact) mass is 277 g/mol. The summed E-state index contributed by atoms with van der Waals surface area (Å²) in [5.74, 6) is 0.808. The minimum absolute atomic E-state index is 0.0325. The SMILES string of the molecule is COCCNCC(=O)NCCc1nnc2ccccn12. The van der Waals surface area contributed by atoms with Gasteiger partial charge in [-0.1, -0.05) is 6.07 Å². The normalized spacial score (nSPS) is 10.8. The van der Waals surface area contributed by atoms with E-state index < -0.39 is 0 Å². The Morgan fingerprint density at radius 3 is 3.10 bits per heavy atom. The first-order chi connectivity index (χ1) is 9.81. The van der Waals surface area contributed by atoms with E-state index in [4.69, 9.17) is 4.74 Å². The number of rotatable bonds is 8. The number of ether oxygens (including phenoxy) is 1. The number of carbonyl (C=O) groups excluding carboxylic acids is 1. The largest absolute Gasteiger partial charge is 0.383 e. The highest BCUT2D eigenvalue weighted by molar-refractivity contribution is 5.77. The van der Waals surface area contributed by atoms with Crippen molar-refractivity contribution >= 4 is 11.6 Å². The van der Waals surface area contributed by atoms with Gasteiger partial charge in [-0.15, -0.1) is 10.2 Å². The molecule has 7 heteroatoms. The maximum absolute atomic E-state index is 11.5. The third-order valence-electron chi connectivity index (χ3n) is 2.82. The topological polar surface area (TPSA) is 80.5 Å². The van der Waals surface area contributed by atoms with Crippen LogP contribution in [0.4, 0.5) is 0 Å². The second-order valence-corrected chi connectivity index (χ2v) is 4.31. The van der Waals surface area contributed by atoms with Crippen LogP contribution in [0, 0.1) is 0 Å². The van der Waals surface area contributed by atoms with E-state index in [2.05, 4.69) is 20.8 Å². The minimum Gasteiger partial charge on any atom is -0.383 e. The fraction of sp³-hybridized carbons (Fsp3) is 0.462. The van der Waals surface area contributed by atoms with Crippen molar-refractivity contribution < 1.29 is 9.53 Å². The first-order valence-corrected chi connectivity index (χ1v) is 6.56. The number of aromatic nitrogens is 3. The molecule has 0 aromatic carbocycles. The summed E-state index contributed by atoms with van der Waals surface area (Å²) in [6.07, 6.45) is 2.56. The van der Waals surface area contributed by atoms with Crippen molar-refractivity contribution in [2.45, 2.75) is 6.42 Å². The van der Waals surface area contributed by atoms with Crippen molar-refractivity contribution in [1.29, 1.82) is 0 Å². The number of carbonyl (C=O) groups is 1. The van der Waals surface area contributed by atoms with E-state index in [-0.39, 0.29) is 5.91 Å². The van der Waals surface area contributed by atoms with Crippen LogP contribution in [0.15, 0.2) is 24.4 Å². The van der Waals surface area contributed by atoms with Crippen LogP contribution in [0.5, 0.6) is 0 Å². The average molecular weight is 277 g/mol. The standard InChI is InChI=1S/C13H19N5O2/c1-20-9-7-14-10-13(19)15-6-5-12-17-16-11-4-2-3-8-18(11)12/h2-4,8,14H,5-7,9-10H2,1H3,(H,15,19). The smallest absolute Gasteiger partial charge is 0.233 e. The van der Waals surface area contributed by atoms with Crippen molar-refractivity contribution in [3.8, 4) is 0 Å². The third kappa shape index (κ3) is 4.01. The molecule has 0 atom stereocenters. The molecule has 0 unspecified atom stereocenters. The van der Waals surface area contributed by atoms with Crippen molar-refractivity contribution in [1.82, 2.24) is 25.2 Å². The summed E-state index contributed by atoms with van der Waals surface area (Å²) in [4.78, 5) is 11.5. The lowest BCUT2D eigenvalue weighted by molar-refractivity contribution is -0.120. The molecule has 2 aromatic heterocycles. The molecule has 0 aliphatic rings. The van der Waals surface area contributed by atoms with Crippen LogP contribution in [0.2, 0.25) is 0 Å². The maximum Gasteiger partial charge on any atom is 0.233 e. The van der Waals surface area contributed by atoms with E-state index in [1.165, 1.54) is 0 Å². The molecular formula is C13H19N5O2. The molecule has 0 saturated heterocycles. The predicted octanol–water partition coefficient (Wildman–Crippen LogP) is -0.376. The van der Waals surface area contributed by atoms with Gasteiger partial charge < -0.3 is 15.4 Å². The van der Waals surface area contributed by atoms with E-state index in [1.807, 2.05) is 28.8 Å². The van der Waals surface area contributed by atoms with E-state index in [9.17, 15) is 4.79 Å². The average Bonchev–Trinajstić information content (AvgIpc) is 2.87. The van der Waals surface area contributed by atoms with Crippen LogP contribution >= 0.6 is 0 Å². The van der Waals surface area contributed by atoms with Gasteiger partial charge in [-0.3, -0.25) is 9.20 Å². The van der Waals surface area contributed by atoms with Crippen molar-refractivity contribution in [2.75, 3.05) is 33.4 Å². The van der Waals surface area contributed by atoms with Gasteiger partial charge in [0.15, 0.2) is 5.65 Å². The molecule has 2 N–H and O–H groups in total. The summed E-state index contributed by atoms with van der Waals surface area (Å²) in [6, 6.07) is 5.74. The minimum atomic E-state index is -0.0325. The molecule has 2 rings (SSSR count). The molecule has 0 bridgehead atoms. The number of nitrogens with one attached hydrogen (secondary N) is 2. The lowest BCUT2D eigenvalue weighted by Crippen LogP contribution is -2.36. The molecule has 0 aliphatic heterocycles. The van der Waals surface area contributed by atoms with E-state index in [0.29, 0.717) is 32.7 Å². The van der Waals surface area contributed by atoms with E-state index in [0.717, 1.165) is 11.5 Å². The Bertz CT molecular complexity index is 554. The first kappa shape index (κ1) is 14.4. The van der Waals surface area contributed by atoms with Gasteiger partial charge in [-0.05, 0) is 12.1 Å². The number of nitrogens with zero attached hydrogens (tertiary/aromatic N) is 3. The Balaban J connectivity index is 1.71. The quantitative estimate of drug-likeness (QED) is 0.643. The Morgan fingerprint density at radius 1 is 1.35 bits per heavy atom. The lowest BCUT2D eigenvalue weighted by Gasteiger charge is -2.05. The Morgan fingerprint density at radius 2 is 2.25 bits per heavy atom. The fourth-order valence-corrected chi connectivity index (χ4v) is 1.81. The second-order valence-electron chi connectivity index (χ2n) is 4.31. The number of hydrogen-bond donors (Lipinski definition) is 2. The molecular weight excluding hydrogens is 258 g/mol. The molecule has 2 aromatic rings. The number of amides is 1. The van der Waals surface area contributed by atoms with Crippen molar-refractivity contribution in [3.05, 3.63) is 30.2 Å². The molecule has 1 amide bonds.